The van der Waals surface area contributed by atoms with Crippen LogP contribution in [0.15, 0.2) is 36.5 Å². The van der Waals surface area contributed by atoms with Gasteiger partial charge in [0.15, 0.2) is 11.5 Å². The molecule has 1 aromatic carbocycles. The van der Waals surface area contributed by atoms with E-state index in [1.165, 1.54) is 0 Å². The van der Waals surface area contributed by atoms with Crippen LogP contribution in [0.1, 0.15) is 11.1 Å². The summed E-state index contributed by atoms with van der Waals surface area (Å²) in [6.45, 7) is 1.48. The average Bonchev–Trinajstić information content (AvgIpc) is 2.55. The van der Waals surface area contributed by atoms with Crippen molar-refractivity contribution in [2.24, 2.45) is 0 Å². The molecule has 0 aliphatic heterocycles. The second-order valence-corrected chi connectivity index (χ2v) is 4.50. The maximum absolute atomic E-state index is 5.29. The predicted molar refractivity (Wildman–Crippen MR) is 80.9 cm³/mol. The van der Waals surface area contributed by atoms with Crippen molar-refractivity contribution in [3.05, 3.63) is 47.7 Å². The standard InChI is InChI=1S/C16H20N2O3/c1-19-14-5-4-12(8-15(14)20-2)10-17-11-13-6-7-18-16(9-13)21-3/h4-9,17H,10-11H2,1-3H3. The van der Waals surface area contributed by atoms with Crippen molar-refractivity contribution in [1.82, 2.24) is 10.3 Å². The Bertz CT molecular complexity index is 587. The van der Waals surface area contributed by atoms with E-state index in [-0.39, 0.29) is 0 Å². The molecule has 0 fully saturated rings. The number of hydrogen-bond acceptors (Lipinski definition) is 5. The molecule has 0 spiro atoms. The largest absolute Gasteiger partial charge is 0.493 e. The van der Waals surface area contributed by atoms with Crippen LogP contribution in [0.5, 0.6) is 17.4 Å². The SMILES string of the molecule is COc1cc(CNCc2ccc(OC)c(OC)c2)ccn1. The van der Waals surface area contributed by atoms with Crippen LogP contribution in [0, 0.1) is 0 Å². The predicted octanol–water partition coefficient (Wildman–Crippen LogP) is 2.40. The summed E-state index contributed by atoms with van der Waals surface area (Å²) in [5.74, 6) is 2.10. The molecule has 0 aliphatic carbocycles. The first-order chi connectivity index (χ1) is 10.3. The molecule has 0 unspecified atom stereocenters. The topological polar surface area (TPSA) is 52.6 Å². The molecule has 112 valence electrons. The van der Waals surface area contributed by atoms with Gasteiger partial charge >= 0.3 is 0 Å². The molecule has 0 radical (unpaired) electrons. The fraction of sp³-hybridized carbons (Fsp3) is 0.312. The molecule has 1 heterocycles. The summed E-state index contributed by atoms with van der Waals surface area (Å²) in [7, 11) is 4.88. The number of pyridine rings is 1. The van der Waals surface area contributed by atoms with E-state index in [2.05, 4.69) is 10.3 Å². The minimum atomic E-state index is 0.625. The van der Waals surface area contributed by atoms with Crippen molar-refractivity contribution in [3.63, 3.8) is 0 Å². The Labute approximate surface area is 124 Å². The molecule has 0 saturated heterocycles. The fourth-order valence-electron chi connectivity index (χ4n) is 2.01. The first-order valence-electron chi connectivity index (χ1n) is 6.67. The lowest BCUT2D eigenvalue weighted by Gasteiger charge is -2.10. The van der Waals surface area contributed by atoms with Crippen LogP contribution in [0.4, 0.5) is 0 Å². The van der Waals surface area contributed by atoms with Crippen LogP contribution in [0.3, 0.4) is 0 Å². The number of nitrogens with one attached hydrogen (secondary N) is 1. The van der Waals surface area contributed by atoms with Crippen molar-refractivity contribution in [2.45, 2.75) is 13.1 Å². The number of rotatable bonds is 7. The molecule has 5 nitrogen and oxygen atoms in total. The lowest BCUT2D eigenvalue weighted by Crippen LogP contribution is -2.13. The Kier molecular flexibility index (Phi) is 5.40. The molecular formula is C16H20N2O3. The molecule has 0 bridgehead atoms. The van der Waals surface area contributed by atoms with Crippen LogP contribution in [0.25, 0.3) is 0 Å². The van der Waals surface area contributed by atoms with Gasteiger partial charge in [0.25, 0.3) is 0 Å². The molecular weight excluding hydrogens is 268 g/mol. The van der Waals surface area contributed by atoms with Gasteiger partial charge in [-0.05, 0) is 29.3 Å². The van der Waals surface area contributed by atoms with Gasteiger partial charge in [0.2, 0.25) is 5.88 Å². The van der Waals surface area contributed by atoms with E-state index < -0.39 is 0 Å². The van der Waals surface area contributed by atoms with Gasteiger partial charge in [-0.15, -0.1) is 0 Å². The third-order valence-electron chi connectivity index (χ3n) is 3.11. The molecule has 0 aliphatic rings. The minimum Gasteiger partial charge on any atom is -0.493 e. The van der Waals surface area contributed by atoms with Gasteiger partial charge in [0, 0.05) is 25.4 Å². The summed E-state index contributed by atoms with van der Waals surface area (Å²) in [5, 5.41) is 3.38. The summed E-state index contributed by atoms with van der Waals surface area (Å²) >= 11 is 0. The van der Waals surface area contributed by atoms with Crippen molar-refractivity contribution in [2.75, 3.05) is 21.3 Å². The van der Waals surface area contributed by atoms with E-state index in [4.69, 9.17) is 14.2 Å². The van der Waals surface area contributed by atoms with Crippen LogP contribution in [0.2, 0.25) is 0 Å². The number of methoxy groups -OCH3 is 3. The highest BCUT2D eigenvalue weighted by Gasteiger charge is 2.04. The summed E-state index contributed by atoms with van der Waals surface area (Å²) in [6.07, 6.45) is 1.74. The number of hydrogen-bond donors (Lipinski definition) is 1. The number of ether oxygens (including phenoxy) is 3. The highest BCUT2D eigenvalue weighted by atomic mass is 16.5. The van der Waals surface area contributed by atoms with Gasteiger partial charge in [-0.25, -0.2) is 4.98 Å². The zero-order valence-electron chi connectivity index (χ0n) is 12.6. The molecule has 5 heteroatoms. The van der Waals surface area contributed by atoms with Gasteiger partial charge in [-0.3, -0.25) is 0 Å². The van der Waals surface area contributed by atoms with E-state index in [1.54, 1.807) is 27.5 Å². The Morgan fingerprint density at radius 3 is 2.24 bits per heavy atom. The van der Waals surface area contributed by atoms with Gasteiger partial charge in [0.1, 0.15) is 0 Å². The van der Waals surface area contributed by atoms with Gasteiger partial charge in [-0.1, -0.05) is 6.07 Å². The van der Waals surface area contributed by atoms with Gasteiger partial charge < -0.3 is 19.5 Å². The summed E-state index contributed by atoms with van der Waals surface area (Å²) in [5.41, 5.74) is 2.26. The zero-order valence-corrected chi connectivity index (χ0v) is 12.6. The molecule has 0 atom stereocenters. The van der Waals surface area contributed by atoms with E-state index in [9.17, 15) is 0 Å². The van der Waals surface area contributed by atoms with E-state index in [1.807, 2.05) is 30.3 Å². The van der Waals surface area contributed by atoms with E-state index in [0.717, 1.165) is 35.7 Å². The lowest BCUT2D eigenvalue weighted by molar-refractivity contribution is 0.354. The van der Waals surface area contributed by atoms with Crippen molar-refractivity contribution < 1.29 is 14.2 Å². The number of aromatic nitrogens is 1. The first kappa shape index (κ1) is 15.1. The zero-order chi connectivity index (χ0) is 15.1. The van der Waals surface area contributed by atoms with Crippen molar-refractivity contribution in [3.8, 4) is 17.4 Å². The maximum Gasteiger partial charge on any atom is 0.213 e. The van der Waals surface area contributed by atoms with Crippen LogP contribution < -0.4 is 19.5 Å². The van der Waals surface area contributed by atoms with E-state index >= 15 is 0 Å². The second kappa shape index (κ2) is 7.50. The van der Waals surface area contributed by atoms with Crippen LogP contribution in [-0.4, -0.2) is 26.3 Å². The molecule has 0 saturated carbocycles. The summed E-state index contributed by atoms with van der Waals surface area (Å²) < 4.78 is 15.6. The Morgan fingerprint density at radius 1 is 0.857 bits per heavy atom. The monoisotopic (exact) mass is 288 g/mol. The molecule has 0 amide bonds. The maximum atomic E-state index is 5.29. The number of nitrogens with zero attached hydrogens (tertiary/aromatic N) is 1. The Hall–Kier alpha value is -2.27. The third kappa shape index (κ3) is 4.10. The lowest BCUT2D eigenvalue weighted by atomic mass is 10.2. The third-order valence-corrected chi connectivity index (χ3v) is 3.11. The molecule has 1 aromatic heterocycles. The first-order valence-corrected chi connectivity index (χ1v) is 6.67. The van der Waals surface area contributed by atoms with Crippen molar-refractivity contribution in [1.29, 1.82) is 0 Å². The highest BCUT2D eigenvalue weighted by Crippen LogP contribution is 2.27. The summed E-state index contributed by atoms with van der Waals surface area (Å²) in [4.78, 5) is 4.09. The Morgan fingerprint density at radius 2 is 1.57 bits per heavy atom. The second-order valence-electron chi connectivity index (χ2n) is 4.50. The number of benzene rings is 1. The molecule has 2 rings (SSSR count). The normalized spacial score (nSPS) is 10.2. The van der Waals surface area contributed by atoms with Gasteiger partial charge in [0.05, 0.1) is 21.3 Å². The minimum absolute atomic E-state index is 0.625. The quantitative estimate of drug-likeness (QED) is 0.848. The summed E-state index contributed by atoms with van der Waals surface area (Å²) in [6, 6.07) is 9.78. The van der Waals surface area contributed by atoms with Crippen LogP contribution in [-0.2, 0) is 13.1 Å². The highest BCUT2D eigenvalue weighted by molar-refractivity contribution is 5.42. The van der Waals surface area contributed by atoms with E-state index in [0.29, 0.717) is 5.88 Å². The van der Waals surface area contributed by atoms with Gasteiger partial charge in [-0.2, -0.15) is 0 Å². The van der Waals surface area contributed by atoms with Crippen molar-refractivity contribution >= 4 is 0 Å². The Balaban J connectivity index is 1.93. The van der Waals surface area contributed by atoms with Crippen LogP contribution >= 0.6 is 0 Å². The molecule has 1 N–H and O–H groups in total. The molecule has 21 heavy (non-hydrogen) atoms. The average molecular weight is 288 g/mol. The smallest absolute Gasteiger partial charge is 0.213 e. The fourth-order valence-corrected chi connectivity index (χ4v) is 2.01. The molecule has 2 aromatic rings.